The molecule has 0 unspecified atom stereocenters. The summed E-state index contributed by atoms with van der Waals surface area (Å²) in [5, 5.41) is 22.4. The molecular weight excluding hydrogens is 348 g/mol. The third-order valence-electron chi connectivity index (χ3n) is 4.31. The molecule has 0 aliphatic carbocycles. The molecule has 0 aliphatic heterocycles. The van der Waals surface area contributed by atoms with Crippen LogP contribution in [0.25, 0.3) is 0 Å². The quantitative estimate of drug-likeness (QED) is 0.550. The SMILES string of the molecule is Cc1nn(C)cc1NC(=O)c1cccc(Cn2nc(C)c([N+](=O)[O-])c2C)c1. The fourth-order valence-electron chi connectivity index (χ4n) is 3.01. The molecule has 0 saturated heterocycles. The van der Waals surface area contributed by atoms with E-state index in [9.17, 15) is 14.9 Å². The number of nitro groups is 1. The summed E-state index contributed by atoms with van der Waals surface area (Å²) in [7, 11) is 1.79. The lowest BCUT2D eigenvalue weighted by Crippen LogP contribution is -2.13. The monoisotopic (exact) mass is 368 g/mol. The van der Waals surface area contributed by atoms with Crippen LogP contribution in [-0.2, 0) is 13.6 Å². The Kier molecular flexibility index (Phi) is 4.76. The van der Waals surface area contributed by atoms with E-state index in [4.69, 9.17) is 0 Å². The number of benzene rings is 1. The molecule has 1 amide bonds. The van der Waals surface area contributed by atoms with Crippen molar-refractivity contribution < 1.29 is 9.72 Å². The molecule has 2 aromatic heterocycles. The zero-order chi connectivity index (χ0) is 19.7. The number of carbonyl (C=O) groups is 1. The zero-order valence-corrected chi connectivity index (χ0v) is 15.6. The van der Waals surface area contributed by atoms with E-state index in [0.717, 1.165) is 11.3 Å². The van der Waals surface area contributed by atoms with Crippen LogP contribution in [0.4, 0.5) is 11.4 Å². The van der Waals surface area contributed by atoms with Gasteiger partial charge in [0, 0.05) is 18.8 Å². The summed E-state index contributed by atoms with van der Waals surface area (Å²) in [5.41, 5.74) is 3.59. The van der Waals surface area contributed by atoms with Crippen LogP contribution in [0.5, 0.6) is 0 Å². The Bertz CT molecular complexity index is 1030. The van der Waals surface area contributed by atoms with Crippen LogP contribution in [0.3, 0.4) is 0 Å². The van der Waals surface area contributed by atoms with E-state index in [0.29, 0.717) is 29.2 Å². The smallest absolute Gasteiger partial charge is 0.312 e. The number of hydrogen-bond donors (Lipinski definition) is 1. The summed E-state index contributed by atoms with van der Waals surface area (Å²) in [6, 6.07) is 7.10. The van der Waals surface area contributed by atoms with Gasteiger partial charge >= 0.3 is 5.69 Å². The molecule has 0 atom stereocenters. The maximum absolute atomic E-state index is 12.5. The fraction of sp³-hybridized carbons (Fsp3) is 0.278. The average Bonchev–Trinajstić information content (AvgIpc) is 3.05. The van der Waals surface area contributed by atoms with E-state index in [1.54, 1.807) is 54.7 Å². The number of hydrogen-bond acceptors (Lipinski definition) is 5. The summed E-state index contributed by atoms with van der Waals surface area (Å²) in [4.78, 5) is 23.3. The Morgan fingerprint density at radius 1 is 1.22 bits per heavy atom. The summed E-state index contributed by atoms with van der Waals surface area (Å²) >= 11 is 0. The fourth-order valence-corrected chi connectivity index (χ4v) is 3.01. The second-order valence-electron chi connectivity index (χ2n) is 6.39. The number of nitrogens with zero attached hydrogens (tertiary/aromatic N) is 5. The van der Waals surface area contributed by atoms with E-state index < -0.39 is 4.92 Å². The predicted molar refractivity (Wildman–Crippen MR) is 99.8 cm³/mol. The van der Waals surface area contributed by atoms with Gasteiger partial charge in [-0.3, -0.25) is 24.3 Å². The van der Waals surface area contributed by atoms with Crippen LogP contribution in [0.1, 0.15) is 33.0 Å². The number of amides is 1. The maximum Gasteiger partial charge on any atom is 0.312 e. The largest absolute Gasteiger partial charge is 0.319 e. The van der Waals surface area contributed by atoms with Crippen molar-refractivity contribution >= 4 is 17.3 Å². The molecule has 27 heavy (non-hydrogen) atoms. The molecule has 0 radical (unpaired) electrons. The normalized spacial score (nSPS) is 10.8. The first-order valence-electron chi connectivity index (χ1n) is 8.35. The van der Waals surface area contributed by atoms with Gasteiger partial charge < -0.3 is 5.32 Å². The number of aryl methyl sites for hydroxylation is 3. The number of nitrogens with one attached hydrogen (secondary N) is 1. The zero-order valence-electron chi connectivity index (χ0n) is 15.6. The van der Waals surface area contributed by atoms with Crippen LogP contribution in [-0.4, -0.2) is 30.4 Å². The Labute approximate surface area is 155 Å². The van der Waals surface area contributed by atoms with Crippen molar-refractivity contribution in [3.05, 3.63) is 68.8 Å². The van der Waals surface area contributed by atoms with Gasteiger partial charge in [-0.1, -0.05) is 12.1 Å². The highest BCUT2D eigenvalue weighted by molar-refractivity contribution is 6.04. The summed E-state index contributed by atoms with van der Waals surface area (Å²) in [6.45, 7) is 5.44. The van der Waals surface area contributed by atoms with Gasteiger partial charge in [0.15, 0.2) is 0 Å². The molecular formula is C18H20N6O3. The van der Waals surface area contributed by atoms with Gasteiger partial charge in [-0.05, 0) is 38.5 Å². The molecule has 0 spiro atoms. The molecule has 3 rings (SSSR count). The van der Waals surface area contributed by atoms with Gasteiger partial charge in [0.2, 0.25) is 0 Å². The Morgan fingerprint density at radius 2 is 1.96 bits per heavy atom. The topological polar surface area (TPSA) is 108 Å². The van der Waals surface area contributed by atoms with Gasteiger partial charge in [-0.25, -0.2) is 0 Å². The highest BCUT2D eigenvalue weighted by Gasteiger charge is 2.21. The van der Waals surface area contributed by atoms with E-state index in [1.807, 2.05) is 13.0 Å². The van der Waals surface area contributed by atoms with Crippen molar-refractivity contribution in [2.75, 3.05) is 5.32 Å². The van der Waals surface area contributed by atoms with Crippen LogP contribution in [0, 0.1) is 30.9 Å². The third kappa shape index (κ3) is 3.71. The average molecular weight is 368 g/mol. The van der Waals surface area contributed by atoms with Gasteiger partial charge in [-0.2, -0.15) is 10.2 Å². The lowest BCUT2D eigenvalue weighted by Gasteiger charge is -2.07. The van der Waals surface area contributed by atoms with Crippen molar-refractivity contribution in [1.29, 1.82) is 0 Å². The minimum Gasteiger partial charge on any atom is -0.319 e. The minimum atomic E-state index is -0.422. The summed E-state index contributed by atoms with van der Waals surface area (Å²) < 4.78 is 3.22. The van der Waals surface area contributed by atoms with Crippen LogP contribution < -0.4 is 5.32 Å². The van der Waals surface area contributed by atoms with Crippen molar-refractivity contribution in [3.8, 4) is 0 Å². The van der Waals surface area contributed by atoms with Crippen LogP contribution in [0.2, 0.25) is 0 Å². The minimum absolute atomic E-state index is 0.0240. The summed E-state index contributed by atoms with van der Waals surface area (Å²) in [5.74, 6) is -0.243. The molecule has 1 N–H and O–H groups in total. The Balaban J connectivity index is 1.82. The van der Waals surface area contributed by atoms with Gasteiger partial charge in [0.1, 0.15) is 11.4 Å². The van der Waals surface area contributed by atoms with Crippen LogP contribution >= 0.6 is 0 Å². The van der Waals surface area contributed by atoms with Gasteiger partial charge in [-0.15, -0.1) is 0 Å². The van der Waals surface area contributed by atoms with Crippen molar-refractivity contribution in [3.63, 3.8) is 0 Å². The molecule has 0 bridgehead atoms. The maximum atomic E-state index is 12.5. The second-order valence-corrected chi connectivity index (χ2v) is 6.39. The molecule has 9 heteroatoms. The lowest BCUT2D eigenvalue weighted by molar-refractivity contribution is -0.386. The van der Waals surface area contributed by atoms with Crippen molar-refractivity contribution in [2.45, 2.75) is 27.3 Å². The Morgan fingerprint density at radius 3 is 2.56 bits per heavy atom. The third-order valence-corrected chi connectivity index (χ3v) is 4.31. The van der Waals surface area contributed by atoms with Crippen molar-refractivity contribution in [2.24, 2.45) is 7.05 Å². The first-order chi connectivity index (χ1) is 12.8. The number of anilines is 1. The van der Waals surface area contributed by atoms with E-state index in [-0.39, 0.29) is 11.6 Å². The lowest BCUT2D eigenvalue weighted by atomic mass is 10.1. The first-order valence-corrected chi connectivity index (χ1v) is 8.35. The molecule has 1 aromatic carbocycles. The second kappa shape index (κ2) is 7.02. The van der Waals surface area contributed by atoms with E-state index in [1.165, 1.54) is 0 Å². The standard InChI is InChI=1S/C18H20N6O3/c1-11-16(10-22(4)20-11)19-18(25)15-7-5-6-14(8-15)9-23-13(3)17(24(26)27)12(2)21-23/h5-8,10H,9H2,1-4H3,(H,19,25). The molecule has 140 valence electrons. The number of rotatable bonds is 5. The molecule has 3 aromatic rings. The van der Waals surface area contributed by atoms with Crippen LogP contribution in [0.15, 0.2) is 30.5 Å². The predicted octanol–water partition coefficient (Wildman–Crippen LogP) is 2.75. The molecule has 9 nitrogen and oxygen atoms in total. The molecule has 0 saturated carbocycles. The molecule has 0 aliphatic rings. The number of aromatic nitrogens is 4. The van der Waals surface area contributed by atoms with Gasteiger partial charge in [0.25, 0.3) is 5.91 Å². The summed E-state index contributed by atoms with van der Waals surface area (Å²) in [6.07, 6.45) is 1.74. The van der Waals surface area contributed by atoms with Gasteiger partial charge in [0.05, 0.1) is 22.8 Å². The molecule has 0 fully saturated rings. The number of carbonyl (C=O) groups excluding carboxylic acids is 1. The highest BCUT2D eigenvalue weighted by Crippen LogP contribution is 2.23. The van der Waals surface area contributed by atoms with E-state index in [2.05, 4.69) is 15.5 Å². The first kappa shape index (κ1) is 18.3. The Hall–Kier alpha value is -3.49. The van der Waals surface area contributed by atoms with E-state index >= 15 is 0 Å². The van der Waals surface area contributed by atoms with Crippen molar-refractivity contribution in [1.82, 2.24) is 19.6 Å². The molecule has 2 heterocycles. The highest BCUT2D eigenvalue weighted by atomic mass is 16.6.